The molecule has 0 spiro atoms. The van der Waals surface area contributed by atoms with E-state index in [0.717, 1.165) is 18.4 Å². The van der Waals surface area contributed by atoms with Crippen LogP contribution >= 0.6 is 23.2 Å². The second-order valence-electron chi connectivity index (χ2n) is 6.91. The summed E-state index contributed by atoms with van der Waals surface area (Å²) in [4.78, 5) is 14.5. The van der Waals surface area contributed by atoms with Gasteiger partial charge in [0.2, 0.25) is 15.9 Å². The molecule has 0 aromatic heterocycles. The van der Waals surface area contributed by atoms with Crippen LogP contribution in [0, 0.1) is 6.92 Å². The smallest absolute Gasteiger partial charge is 0.243 e. The lowest BCUT2D eigenvalue weighted by Gasteiger charge is -2.25. The monoisotopic (exact) mass is 440 g/mol. The quantitative estimate of drug-likeness (QED) is 0.678. The average molecular weight is 441 g/mol. The van der Waals surface area contributed by atoms with Crippen molar-refractivity contribution in [3.05, 3.63) is 63.6 Å². The van der Waals surface area contributed by atoms with Crippen LogP contribution < -0.4 is 0 Å². The molecule has 0 radical (unpaired) electrons. The molecule has 28 heavy (non-hydrogen) atoms. The van der Waals surface area contributed by atoms with E-state index in [1.165, 1.54) is 4.31 Å². The van der Waals surface area contributed by atoms with Gasteiger partial charge in [-0.2, -0.15) is 4.31 Å². The molecule has 1 aliphatic heterocycles. The van der Waals surface area contributed by atoms with E-state index in [2.05, 4.69) is 0 Å². The highest BCUT2D eigenvalue weighted by Crippen LogP contribution is 2.25. The Morgan fingerprint density at radius 1 is 1.07 bits per heavy atom. The first kappa shape index (κ1) is 21.1. The van der Waals surface area contributed by atoms with Gasteiger partial charge in [0.25, 0.3) is 0 Å². The van der Waals surface area contributed by atoms with Gasteiger partial charge in [0.05, 0.1) is 11.4 Å². The van der Waals surface area contributed by atoms with Crippen molar-refractivity contribution in [1.29, 1.82) is 0 Å². The molecule has 2 aromatic carbocycles. The van der Waals surface area contributed by atoms with Gasteiger partial charge in [0.1, 0.15) is 0 Å². The Morgan fingerprint density at radius 3 is 2.32 bits per heavy atom. The van der Waals surface area contributed by atoms with Crippen LogP contribution in [0.2, 0.25) is 10.0 Å². The Bertz CT molecular complexity index is 956. The lowest BCUT2D eigenvalue weighted by atomic mass is 10.2. The fraction of sp³-hybridized carbons (Fsp3) is 0.350. The molecule has 0 N–H and O–H groups in total. The van der Waals surface area contributed by atoms with E-state index in [1.807, 2.05) is 6.92 Å². The average Bonchev–Trinajstić information content (AvgIpc) is 3.18. The van der Waals surface area contributed by atoms with Crippen LogP contribution in [0.15, 0.2) is 47.4 Å². The number of nitrogens with zero attached hydrogens (tertiary/aromatic N) is 2. The highest BCUT2D eigenvalue weighted by molar-refractivity contribution is 7.89. The molecule has 5 nitrogen and oxygen atoms in total. The van der Waals surface area contributed by atoms with Crippen LogP contribution in [0.25, 0.3) is 0 Å². The zero-order chi connectivity index (χ0) is 20.3. The largest absolute Gasteiger partial charge is 0.342 e. The number of hydrogen-bond acceptors (Lipinski definition) is 3. The number of hydrogen-bond donors (Lipinski definition) is 0. The highest BCUT2D eigenvalue weighted by atomic mass is 35.5. The third-order valence-corrected chi connectivity index (χ3v) is 7.18. The summed E-state index contributed by atoms with van der Waals surface area (Å²) in [5.41, 5.74) is 1.55. The van der Waals surface area contributed by atoms with Crippen molar-refractivity contribution in [1.82, 2.24) is 9.21 Å². The zero-order valence-corrected chi connectivity index (χ0v) is 17.9. The van der Waals surface area contributed by atoms with Crippen molar-refractivity contribution < 1.29 is 13.2 Å². The number of halogens is 2. The number of aryl methyl sites for hydroxylation is 1. The standard InChI is InChI=1S/C20H22Cl2N2O3S/c1-15-4-8-18(9-5-15)28(26,27)24(14-20(25)23-10-2-3-11-23)13-16-6-7-17(21)12-19(16)22/h4-9,12H,2-3,10-11,13-14H2,1H3. The normalized spacial score (nSPS) is 14.6. The molecule has 1 aliphatic rings. The second-order valence-corrected chi connectivity index (χ2v) is 9.69. The van der Waals surface area contributed by atoms with Gasteiger partial charge in [0.15, 0.2) is 0 Å². The first-order chi connectivity index (χ1) is 13.3. The van der Waals surface area contributed by atoms with E-state index in [1.54, 1.807) is 47.4 Å². The molecule has 1 amide bonds. The summed E-state index contributed by atoms with van der Waals surface area (Å²) >= 11 is 12.2. The minimum absolute atomic E-state index is 0.00814. The van der Waals surface area contributed by atoms with E-state index in [-0.39, 0.29) is 23.9 Å². The zero-order valence-electron chi connectivity index (χ0n) is 15.6. The Kier molecular flexibility index (Phi) is 6.65. The van der Waals surface area contributed by atoms with Crippen molar-refractivity contribution in [2.45, 2.75) is 31.2 Å². The van der Waals surface area contributed by atoms with Gasteiger partial charge in [-0.3, -0.25) is 4.79 Å². The van der Waals surface area contributed by atoms with E-state index in [4.69, 9.17) is 23.2 Å². The van der Waals surface area contributed by atoms with Gasteiger partial charge >= 0.3 is 0 Å². The first-order valence-electron chi connectivity index (χ1n) is 9.06. The Balaban J connectivity index is 1.92. The second kappa shape index (κ2) is 8.82. The molecule has 1 saturated heterocycles. The maximum absolute atomic E-state index is 13.3. The number of likely N-dealkylation sites (tertiary alicyclic amines) is 1. The van der Waals surface area contributed by atoms with Crippen LogP contribution in [0.4, 0.5) is 0 Å². The third kappa shape index (κ3) is 4.87. The van der Waals surface area contributed by atoms with Crippen LogP contribution in [0.3, 0.4) is 0 Å². The summed E-state index contributed by atoms with van der Waals surface area (Å²) in [6.07, 6.45) is 1.89. The van der Waals surface area contributed by atoms with Crippen molar-refractivity contribution in [3.63, 3.8) is 0 Å². The number of carbonyl (C=O) groups excluding carboxylic acids is 1. The molecule has 8 heteroatoms. The van der Waals surface area contributed by atoms with Crippen LogP contribution in [-0.2, 0) is 21.4 Å². The van der Waals surface area contributed by atoms with Gasteiger partial charge in [0, 0.05) is 29.7 Å². The number of amides is 1. The lowest BCUT2D eigenvalue weighted by molar-refractivity contribution is -0.130. The maximum Gasteiger partial charge on any atom is 0.243 e. The third-order valence-electron chi connectivity index (χ3n) is 4.79. The minimum Gasteiger partial charge on any atom is -0.342 e. The van der Waals surface area contributed by atoms with E-state index in [9.17, 15) is 13.2 Å². The van der Waals surface area contributed by atoms with Crippen LogP contribution in [0.1, 0.15) is 24.0 Å². The Hall–Kier alpha value is -1.60. The molecule has 3 rings (SSSR count). The highest BCUT2D eigenvalue weighted by Gasteiger charge is 2.30. The predicted molar refractivity (Wildman–Crippen MR) is 111 cm³/mol. The van der Waals surface area contributed by atoms with E-state index < -0.39 is 10.0 Å². The summed E-state index contributed by atoms with van der Waals surface area (Å²) in [5, 5.41) is 0.833. The number of sulfonamides is 1. The Labute approximate surface area is 175 Å². The lowest BCUT2D eigenvalue weighted by Crippen LogP contribution is -2.41. The molecule has 0 unspecified atom stereocenters. The molecule has 1 fully saturated rings. The molecule has 0 saturated carbocycles. The minimum atomic E-state index is -3.87. The van der Waals surface area contributed by atoms with E-state index >= 15 is 0 Å². The van der Waals surface area contributed by atoms with Gasteiger partial charge in [-0.1, -0.05) is 47.0 Å². The molecular weight excluding hydrogens is 419 g/mol. The van der Waals surface area contributed by atoms with Crippen molar-refractivity contribution in [2.75, 3.05) is 19.6 Å². The van der Waals surface area contributed by atoms with Crippen LogP contribution in [-0.4, -0.2) is 43.2 Å². The fourth-order valence-electron chi connectivity index (χ4n) is 3.14. The number of rotatable bonds is 6. The molecule has 0 atom stereocenters. The van der Waals surface area contributed by atoms with Crippen molar-refractivity contribution in [3.8, 4) is 0 Å². The van der Waals surface area contributed by atoms with Gasteiger partial charge in [-0.15, -0.1) is 0 Å². The predicted octanol–water partition coefficient (Wildman–Crippen LogP) is 4.12. The summed E-state index contributed by atoms with van der Waals surface area (Å²) in [6.45, 7) is 2.98. The topological polar surface area (TPSA) is 57.7 Å². The molecule has 150 valence electrons. The number of benzene rings is 2. The molecular formula is C20H22Cl2N2O3S. The van der Waals surface area contributed by atoms with Gasteiger partial charge < -0.3 is 4.90 Å². The number of carbonyl (C=O) groups is 1. The molecule has 0 aliphatic carbocycles. The van der Waals surface area contributed by atoms with Crippen molar-refractivity contribution >= 4 is 39.1 Å². The Morgan fingerprint density at radius 2 is 1.71 bits per heavy atom. The summed E-state index contributed by atoms with van der Waals surface area (Å²) in [5.74, 6) is -0.196. The van der Waals surface area contributed by atoms with Gasteiger partial charge in [-0.25, -0.2) is 8.42 Å². The molecule has 1 heterocycles. The first-order valence-corrected chi connectivity index (χ1v) is 11.3. The van der Waals surface area contributed by atoms with Gasteiger partial charge in [-0.05, 0) is 49.6 Å². The van der Waals surface area contributed by atoms with Crippen molar-refractivity contribution in [2.24, 2.45) is 0 Å². The molecule has 2 aromatic rings. The van der Waals surface area contributed by atoms with E-state index in [0.29, 0.717) is 28.7 Å². The summed E-state index contributed by atoms with van der Waals surface area (Å²) < 4.78 is 27.7. The summed E-state index contributed by atoms with van der Waals surface area (Å²) in [7, 11) is -3.87. The molecule has 0 bridgehead atoms. The maximum atomic E-state index is 13.3. The SMILES string of the molecule is Cc1ccc(S(=O)(=O)N(CC(=O)N2CCCC2)Cc2ccc(Cl)cc2Cl)cc1. The fourth-order valence-corrected chi connectivity index (χ4v) is 4.98. The summed E-state index contributed by atoms with van der Waals surface area (Å²) in [6, 6.07) is 11.5. The van der Waals surface area contributed by atoms with Crippen LogP contribution in [0.5, 0.6) is 0 Å².